The standard InChI is InChI=1S/C23H39N5O3.HI/c1-5-24-23(25-15-18(2)16-27-8-10-31-11-9-27)26-19-6-7-28(17-19)20-12-21(29-3)14-22(13-20)30-4;/h12-14,18-19H,5-11,15-17H2,1-4H3,(H2,24,25,26);1H. The van der Waals surface area contributed by atoms with Crippen LogP contribution in [0.3, 0.4) is 0 Å². The fourth-order valence-electron chi connectivity index (χ4n) is 4.13. The Morgan fingerprint density at radius 1 is 1.16 bits per heavy atom. The monoisotopic (exact) mass is 561 g/mol. The smallest absolute Gasteiger partial charge is 0.191 e. The molecule has 3 rings (SSSR count). The molecule has 2 heterocycles. The van der Waals surface area contributed by atoms with Gasteiger partial charge in [0.25, 0.3) is 0 Å². The van der Waals surface area contributed by atoms with Gasteiger partial charge in [0, 0.05) is 75.7 Å². The van der Waals surface area contributed by atoms with E-state index in [9.17, 15) is 0 Å². The van der Waals surface area contributed by atoms with Crippen LogP contribution < -0.4 is 25.0 Å². The number of hydrogen-bond acceptors (Lipinski definition) is 6. The van der Waals surface area contributed by atoms with Crippen molar-refractivity contribution < 1.29 is 14.2 Å². The number of nitrogens with one attached hydrogen (secondary N) is 2. The molecule has 2 aliphatic heterocycles. The van der Waals surface area contributed by atoms with Crippen LogP contribution >= 0.6 is 24.0 Å². The van der Waals surface area contributed by atoms with Crippen LogP contribution in [-0.2, 0) is 4.74 Å². The van der Waals surface area contributed by atoms with Gasteiger partial charge in [0.15, 0.2) is 5.96 Å². The van der Waals surface area contributed by atoms with E-state index >= 15 is 0 Å². The van der Waals surface area contributed by atoms with Crippen LogP contribution in [0.5, 0.6) is 11.5 Å². The fourth-order valence-corrected chi connectivity index (χ4v) is 4.13. The highest BCUT2D eigenvalue weighted by molar-refractivity contribution is 14.0. The zero-order valence-corrected chi connectivity index (χ0v) is 22.3. The lowest BCUT2D eigenvalue weighted by Gasteiger charge is -2.28. The maximum atomic E-state index is 5.45. The zero-order chi connectivity index (χ0) is 22.1. The molecule has 2 saturated heterocycles. The van der Waals surface area contributed by atoms with Crippen molar-refractivity contribution in [3.8, 4) is 11.5 Å². The number of guanidine groups is 1. The Bertz CT molecular complexity index is 693. The molecule has 2 unspecified atom stereocenters. The highest BCUT2D eigenvalue weighted by Crippen LogP contribution is 2.30. The summed E-state index contributed by atoms with van der Waals surface area (Å²) < 4.78 is 16.3. The van der Waals surface area contributed by atoms with Crippen molar-refractivity contribution in [3.05, 3.63) is 18.2 Å². The molecule has 182 valence electrons. The number of halogens is 1. The molecule has 32 heavy (non-hydrogen) atoms. The van der Waals surface area contributed by atoms with Gasteiger partial charge in [0.2, 0.25) is 0 Å². The molecular weight excluding hydrogens is 521 g/mol. The lowest BCUT2D eigenvalue weighted by atomic mass is 10.1. The van der Waals surface area contributed by atoms with E-state index in [4.69, 9.17) is 19.2 Å². The Morgan fingerprint density at radius 3 is 2.47 bits per heavy atom. The zero-order valence-electron chi connectivity index (χ0n) is 19.9. The molecular formula is C23H40IN5O3. The second kappa shape index (κ2) is 13.9. The summed E-state index contributed by atoms with van der Waals surface area (Å²) in [5.74, 6) is 3.05. The Morgan fingerprint density at radius 2 is 1.84 bits per heavy atom. The van der Waals surface area contributed by atoms with Crippen molar-refractivity contribution in [1.82, 2.24) is 15.5 Å². The largest absolute Gasteiger partial charge is 0.497 e. The molecule has 1 aromatic rings. The highest BCUT2D eigenvalue weighted by Gasteiger charge is 2.24. The van der Waals surface area contributed by atoms with Gasteiger partial charge in [-0.3, -0.25) is 9.89 Å². The molecule has 0 spiro atoms. The third kappa shape index (κ3) is 8.15. The molecule has 0 saturated carbocycles. The average molecular weight is 562 g/mol. The Hall–Kier alpha value is -1.46. The molecule has 0 bridgehead atoms. The minimum Gasteiger partial charge on any atom is -0.497 e. The predicted molar refractivity (Wildman–Crippen MR) is 141 cm³/mol. The molecule has 2 N–H and O–H groups in total. The molecule has 2 fully saturated rings. The van der Waals surface area contributed by atoms with Gasteiger partial charge in [-0.15, -0.1) is 24.0 Å². The molecule has 2 aliphatic rings. The summed E-state index contributed by atoms with van der Waals surface area (Å²) >= 11 is 0. The van der Waals surface area contributed by atoms with E-state index in [-0.39, 0.29) is 24.0 Å². The van der Waals surface area contributed by atoms with Crippen molar-refractivity contribution >= 4 is 35.6 Å². The molecule has 1 aromatic carbocycles. The SMILES string of the molecule is CCNC(=NCC(C)CN1CCOCC1)NC1CCN(c2cc(OC)cc(OC)c2)C1.I. The maximum Gasteiger partial charge on any atom is 0.191 e. The van der Waals surface area contributed by atoms with E-state index in [0.29, 0.717) is 12.0 Å². The number of morpholine rings is 1. The number of methoxy groups -OCH3 is 2. The molecule has 9 heteroatoms. The van der Waals surface area contributed by atoms with Crippen LogP contribution in [-0.4, -0.2) is 90.1 Å². The van der Waals surface area contributed by atoms with Crippen LogP contribution in [0, 0.1) is 5.92 Å². The molecule has 0 amide bonds. The Balaban J connectivity index is 0.00000363. The maximum absolute atomic E-state index is 5.45. The number of hydrogen-bond donors (Lipinski definition) is 2. The van der Waals surface area contributed by atoms with E-state index in [1.54, 1.807) is 14.2 Å². The number of ether oxygens (including phenoxy) is 3. The molecule has 0 aromatic heterocycles. The van der Waals surface area contributed by atoms with E-state index < -0.39 is 0 Å². The second-order valence-corrected chi connectivity index (χ2v) is 8.38. The molecule has 0 radical (unpaired) electrons. The summed E-state index contributed by atoms with van der Waals surface area (Å²) in [5.41, 5.74) is 1.13. The van der Waals surface area contributed by atoms with Crippen molar-refractivity contribution in [2.24, 2.45) is 10.9 Å². The third-order valence-corrected chi connectivity index (χ3v) is 5.81. The highest BCUT2D eigenvalue weighted by atomic mass is 127. The van der Waals surface area contributed by atoms with Crippen molar-refractivity contribution in [2.75, 3.05) is 78.1 Å². The number of aliphatic imine (C=N–C) groups is 1. The van der Waals surface area contributed by atoms with Gasteiger partial charge in [-0.2, -0.15) is 0 Å². The summed E-state index contributed by atoms with van der Waals surface area (Å²) in [6.07, 6.45) is 1.06. The minimum atomic E-state index is 0. The minimum absolute atomic E-state index is 0. The van der Waals surface area contributed by atoms with Gasteiger partial charge >= 0.3 is 0 Å². The molecule has 0 aliphatic carbocycles. The number of benzene rings is 1. The second-order valence-electron chi connectivity index (χ2n) is 8.38. The van der Waals surface area contributed by atoms with Gasteiger partial charge in [0.1, 0.15) is 11.5 Å². The van der Waals surface area contributed by atoms with Crippen molar-refractivity contribution in [1.29, 1.82) is 0 Å². The first kappa shape index (κ1) is 26.8. The van der Waals surface area contributed by atoms with E-state index in [2.05, 4.69) is 46.4 Å². The van der Waals surface area contributed by atoms with Crippen molar-refractivity contribution in [3.63, 3.8) is 0 Å². The number of rotatable bonds is 9. The summed E-state index contributed by atoms with van der Waals surface area (Å²) in [7, 11) is 3.37. The first-order chi connectivity index (χ1) is 15.1. The summed E-state index contributed by atoms with van der Waals surface area (Å²) in [6.45, 7) is 12.8. The predicted octanol–water partition coefficient (Wildman–Crippen LogP) is 2.42. The molecule has 8 nitrogen and oxygen atoms in total. The van der Waals surface area contributed by atoms with Crippen LogP contribution in [0.2, 0.25) is 0 Å². The van der Waals surface area contributed by atoms with Gasteiger partial charge in [-0.05, 0) is 19.3 Å². The quantitative estimate of drug-likeness (QED) is 0.273. The fraction of sp³-hybridized carbons (Fsp3) is 0.696. The number of nitrogens with zero attached hydrogens (tertiary/aromatic N) is 3. The van der Waals surface area contributed by atoms with Gasteiger partial charge in [-0.1, -0.05) is 6.92 Å². The van der Waals surface area contributed by atoms with Crippen LogP contribution in [0.1, 0.15) is 20.3 Å². The Labute approximate surface area is 210 Å². The van der Waals surface area contributed by atoms with Gasteiger partial charge in [0.05, 0.1) is 27.4 Å². The van der Waals surface area contributed by atoms with Crippen LogP contribution in [0.15, 0.2) is 23.2 Å². The molecule has 2 atom stereocenters. The summed E-state index contributed by atoms with van der Waals surface area (Å²) in [4.78, 5) is 9.71. The van der Waals surface area contributed by atoms with E-state index in [1.165, 1.54) is 0 Å². The average Bonchev–Trinajstić information content (AvgIpc) is 3.26. The third-order valence-electron chi connectivity index (χ3n) is 5.81. The first-order valence-corrected chi connectivity index (χ1v) is 11.4. The normalized spacial score (nSPS) is 20.4. The summed E-state index contributed by atoms with van der Waals surface area (Å²) in [6, 6.07) is 6.39. The number of anilines is 1. The Kier molecular flexibility index (Phi) is 11.7. The first-order valence-electron chi connectivity index (χ1n) is 11.4. The lowest BCUT2D eigenvalue weighted by Crippen LogP contribution is -2.45. The lowest BCUT2D eigenvalue weighted by molar-refractivity contribution is 0.0323. The van der Waals surface area contributed by atoms with Gasteiger partial charge in [-0.25, -0.2) is 0 Å². The van der Waals surface area contributed by atoms with E-state index in [1.807, 2.05) is 6.07 Å². The van der Waals surface area contributed by atoms with E-state index in [0.717, 1.165) is 88.6 Å². The van der Waals surface area contributed by atoms with Crippen LogP contribution in [0.25, 0.3) is 0 Å². The topological polar surface area (TPSA) is 70.6 Å². The van der Waals surface area contributed by atoms with Crippen LogP contribution in [0.4, 0.5) is 5.69 Å². The van der Waals surface area contributed by atoms with Gasteiger partial charge < -0.3 is 29.7 Å². The van der Waals surface area contributed by atoms with Crippen molar-refractivity contribution in [2.45, 2.75) is 26.3 Å². The summed E-state index contributed by atoms with van der Waals surface area (Å²) in [5, 5.41) is 7.04.